The van der Waals surface area contributed by atoms with Crippen LogP contribution in [0, 0.1) is 5.92 Å². The van der Waals surface area contributed by atoms with Crippen LogP contribution in [0.4, 0.5) is 5.69 Å². The zero-order valence-electron chi connectivity index (χ0n) is 11.2. The molecule has 0 saturated heterocycles. The molecule has 1 aliphatic heterocycles. The van der Waals surface area contributed by atoms with Crippen molar-refractivity contribution in [3.05, 3.63) is 29.8 Å². The zero-order chi connectivity index (χ0) is 12.5. The Bertz CT molecular complexity index is 386. The first-order valence-corrected chi connectivity index (χ1v) is 6.65. The van der Waals surface area contributed by atoms with Crippen LogP contribution in [0.15, 0.2) is 24.3 Å². The van der Waals surface area contributed by atoms with Crippen LogP contribution >= 0.6 is 0 Å². The van der Waals surface area contributed by atoms with E-state index in [9.17, 15) is 0 Å². The summed E-state index contributed by atoms with van der Waals surface area (Å²) in [4.78, 5) is 2.52. The number of hydrogen-bond acceptors (Lipinski definition) is 2. The minimum Gasteiger partial charge on any atom is -0.364 e. The van der Waals surface area contributed by atoms with Crippen LogP contribution in [-0.4, -0.2) is 18.6 Å². The topological polar surface area (TPSA) is 29.3 Å². The average molecular weight is 232 g/mol. The fourth-order valence-electron chi connectivity index (χ4n) is 2.72. The van der Waals surface area contributed by atoms with Gasteiger partial charge in [0.2, 0.25) is 0 Å². The van der Waals surface area contributed by atoms with Gasteiger partial charge in [-0.05, 0) is 37.3 Å². The molecule has 1 aromatic rings. The van der Waals surface area contributed by atoms with Crippen LogP contribution < -0.4 is 10.6 Å². The molecule has 2 rings (SSSR count). The Labute approximate surface area is 105 Å². The number of aryl methyl sites for hydroxylation is 1. The molecule has 0 aliphatic carbocycles. The summed E-state index contributed by atoms with van der Waals surface area (Å²) < 4.78 is 0. The van der Waals surface area contributed by atoms with Crippen LogP contribution in [0.25, 0.3) is 0 Å². The predicted molar refractivity (Wildman–Crippen MR) is 74.4 cm³/mol. The van der Waals surface area contributed by atoms with Crippen molar-refractivity contribution < 1.29 is 0 Å². The van der Waals surface area contributed by atoms with E-state index >= 15 is 0 Å². The molecule has 0 fully saturated rings. The van der Waals surface area contributed by atoms with E-state index in [1.54, 1.807) is 0 Å². The molecule has 1 heterocycles. The van der Waals surface area contributed by atoms with Crippen LogP contribution in [-0.2, 0) is 6.42 Å². The highest BCUT2D eigenvalue weighted by molar-refractivity contribution is 5.57. The molecule has 1 aromatic carbocycles. The summed E-state index contributed by atoms with van der Waals surface area (Å²) in [6, 6.07) is 8.76. The summed E-state index contributed by atoms with van der Waals surface area (Å²) in [6.45, 7) is 8.66. The lowest BCUT2D eigenvalue weighted by Gasteiger charge is -2.48. The Balaban J connectivity index is 2.41. The third-order valence-electron chi connectivity index (χ3n) is 4.38. The zero-order valence-corrected chi connectivity index (χ0v) is 11.2. The number of benzene rings is 1. The minimum absolute atomic E-state index is 0.0660. The summed E-state index contributed by atoms with van der Waals surface area (Å²) in [5.74, 6) is 0.554. The maximum atomic E-state index is 6.05. The first-order chi connectivity index (χ1) is 8.09. The maximum absolute atomic E-state index is 6.05. The molecule has 17 heavy (non-hydrogen) atoms. The second kappa shape index (κ2) is 4.69. The highest BCUT2D eigenvalue weighted by Crippen LogP contribution is 2.35. The van der Waals surface area contributed by atoms with Crippen molar-refractivity contribution in [1.29, 1.82) is 0 Å². The Morgan fingerprint density at radius 3 is 2.71 bits per heavy atom. The lowest BCUT2D eigenvalue weighted by molar-refractivity contribution is 0.313. The highest BCUT2D eigenvalue weighted by Gasteiger charge is 2.35. The van der Waals surface area contributed by atoms with Gasteiger partial charge >= 0.3 is 0 Å². The van der Waals surface area contributed by atoms with E-state index in [0.717, 1.165) is 6.54 Å². The van der Waals surface area contributed by atoms with Gasteiger partial charge in [-0.25, -0.2) is 0 Å². The molecule has 2 nitrogen and oxygen atoms in total. The number of anilines is 1. The van der Waals surface area contributed by atoms with E-state index in [4.69, 9.17) is 5.73 Å². The smallest absolute Gasteiger partial charge is 0.0519 e. The molecule has 0 amide bonds. The van der Waals surface area contributed by atoms with E-state index in [1.807, 2.05) is 0 Å². The van der Waals surface area contributed by atoms with Gasteiger partial charge in [-0.1, -0.05) is 32.0 Å². The van der Waals surface area contributed by atoms with Gasteiger partial charge in [0, 0.05) is 18.8 Å². The van der Waals surface area contributed by atoms with Gasteiger partial charge in [-0.2, -0.15) is 0 Å². The molecule has 1 aliphatic rings. The Morgan fingerprint density at radius 1 is 1.35 bits per heavy atom. The second-order valence-electron chi connectivity index (χ2n) is 5.60. The predicted octanol–water partition coefficient (Wildman–Crippen LogP) is 2.81. The normalized spacial score (nSPS) is 19.0. The largest absolute Gasteiger partial charge is 0.364 e. The average Bonchev–Trinajstić information content (AvgIpc) is 2.37. The van der Waals surface area contributed by atoms with Gasteiger partial charge in [0.1, 0.15) is 0 Å². The molecule has 2 N–H and O–H groups in total. The number of nitrogens with two attached hydrogens (primary N) is 1. The number of hydrogen-bond donors (Lipinski definition) is 1. The van der Waals surface area contributed by atoms with E-state index < -0.39 is 0 Å². The molecule has 2 heteroatoms. The van der Waals surface area contributed by atoms with Crippen molar-refractivity contribution in [1.82, 2.24) is 0 Å². The SMILES string of the molecule is CC(C)C(C)(CN)N1CCCc2ccccc21. The van der Waals surface area contributed by atoms with Crippen molar-refractivity contribution in [2.75, 3.05) is 18.0 Å². The van der Waals surface area contributed by atoms with Crippen LogP contribution in [0.1, 0.15) is 32.8 Å². The van der Waals surface area contributed by atoms with Crippen molar-refractivity contribution >= 4 is 5.69 Å². The van der Waals surface area contributed by atoms with Crippen molar-refractivity contribution in [2.24, 2.45) is 11.7 Å². The standard InChI is InChI=1S/C15H24N2/c1-12(2)15(3,11-16)17-10-6-8-13-7-4-5-9-14(13)17/h4-5,7,9,12H,6,8,10-11,16H2,1-3H3. The molecule has 94 valence electrons. The number of nitrogens with zero attached hydrogens (tertiary/aromatic N) is 1. The van der Waals surface area contributed by atoms with Crippen molar-refractivity contribution in [2.45, 2.75) is 39.2 Å². The fourth-order valence-corrected chi connectivity index (χ4v) is 2.72. The van der Waals surface area contributed by atoms with Gasteiger partial charge in [0.25, 0.3) is 0 Å². The summed E-state index contributed by atoms with van der Waals surface area (Å²) in [6.07, 6.45) is 2.44. The Kier molecular flexibility index (Phi) is 3.43. The number of fused-ring (bicyclic) bond motifs is 1. The molecule has 0 bridgehead atoms. The summed E-state index contributed by atoms with van der Waals surface area (Å²) in [5.41, 5.74) is 8.98. The quantitative estimate of drug-likeness (QED) is 0.868. The molecule has 0 aromatic heterocycles. The van der Waals surface area contributed by atoms with Crippen LogP contribution in [0.3, 0.4) is 0 Å². The lowest BCUT2D eigenvalue weighted by atomic mass is 9.84. The first-order valence-electron chi connectivity index (χ1n) is 6.65. The molecule has 0 radical (unpaired) electrons. The molecular formula is C15H24N2. The lowest BCUT2D eigenvalue weighted by Crippen LogP contribution is -2.57. The molecule has 1 atom stereocenters. The van der Waals surface area contributed by atoms with Gasteiger partial charge in [0.05, 0.1) is 5.54 Å². The summed E-state index contributed by atoms with van der Waals surface area (Å²) in [5, 5.41) is 0. The Hall–Kier alpha value is -1.02. The monoisotopic (exact) mass is 232 g/mol. The van der Waals surface area contributed by atoms with Gasteiger partial charge in [0.15, 0.2) is 0 Å². The van der Waals surface area contributed by atoms with Crippen molar-refractivity contribution in [3.8, 4) is 0 Å². The number of rotatable bonds is 3. The first kappa shape index (κ1) is 12.4. The third kappa shape index (κ3) is 2.06. The summed E-state index contributed by atoms with van der Waals surface area (Å²) in [7, 11) is 0. The second-order valence-corrected chi connectivity index (χ2v) is 5.60. The van der Waals surface area contributed by atoms with E-state index in [-0.39, 0.29) is 5.54 Å². The Morgan fingerprint density at radius 2 is 2.06 bits per heavy atom. The van der Waals surface area contributed by atoms with Crippen LogP contribution in [0.5, 0.6) is 0 Å². The maximum Gasteiger partial charge on any atom is 0.0519 e. The minimum atomic E-state index is 0.0660. The van der Waals surface area contributed by atoms with E-state index in [0.29, 0.717) is 12.5 Å². The van der Waals surface area contributed by atoms with E-state index in [2.05, 4.69) is 49.9 Å². The van der Waals surface area contributed by atoms with Crippen molar-refractivity contribution in [3.63, 3.8) is 0 Å². The highest BCUT2D eigenvalue weighted by atomic mass is 15.2. The third-order valence-corrected chi connectivity index (χ3v) is 4.38. The van der Waals surface area contributed by atoms with Gasteiger partial charge in [-0.3, -0.25) is 0 Å². The molecular weight excluding hydrogens is 208 g/mol. The molecule has 0 spiro atoms. The molecule has 1 unspecified atom stereocenters. The van der Waals surface area contributed by atoms with Gasteiger partial charge < -0.3 is 10.6 Å². The summed E-state index contributed by atoms with van der Waals surface area (Å²) >= 11 is 0. The molecule has 0 saturated carbocycles. The van der Waals surface area contributed by atoms with Gasteiger partial charge in [-0.15, -0.1) is 0 Å². The van der Waals surface area contributed by atoms with E-state index in [1.165, 1.54) is 24.1 Å². The van der Waals surface area contributed by atoms with Crippen LogP contribution in [0.2, 0.25) is 0 Å². The fraction of sp³-hybridized carbons (Fsp3) is 0.600. The number of para-hydroxylation sites is 1.